The van der Waals surface area contributed by atoms with Gasteiger partial charge in [0, 0.05) is 15.5 Å². The van der Waals surface area contributed by atoms with E-state index in [1.54, 1.807) is 51.1 Å². The number of carbonyl (C=O) groups is 1. The molecule has 0 saturated carbocycles. The maximum Gasteiger partial charge on any atom is 0.415 e. The number of amides is 1. The highest BCUT2D eigenvalue weighted by Crippen LogP contribution is 2.39. The highest BCUT2D eigenvalue weighted by atomic mass is 35.5. The first-order valence-corrected chi connectivity index (χ1v) is 9.22. The molecule has 1 fully saturated rings. The third-order valence-electron chi connectivity index (χ3n) is 3.38. The first-order chi connectivity index (χ1) is 12.6. The highest BCUT2D eigenvalue weighted by Gasteiger charge is 2.31. The van der Waals surface area contributed by atoms with E-state index in [9.17, 15) is 15.3 Å². The quantitative estimate of drug-likeness (QED) is 0.615. The molecule has 7 heteroatoms. The third-order valence-corrected chi connectivity index (χ3v) is 4.60. The molecule has 0 aromatic heterocycles. The second kappa shape index (κ2) is 8.35. The fraction of sp³-hybridized carbons (Fsp3) is 0.250. The zero-order valence-corrected chi connectivity index (χ0v) is 16.8. The summed E-state index contributed by atoms with van der Waals surface area (Å²) in [5, 5.41) is 19.8. The van der Waals surface area contributed by atoms with E-state index >= 15 is 0 Å². The van der Waals surface area contributed by atoms with E-state index in [1.165, 1.54) is 16.7 Å². The van der Waals surface area contributed by atoms with Crippen molar-refractivity contribution in [3.05, 3.63) is 63.0 Å². The zero-order chi connectivity index (χ0) is 20.2. The van der Waals surface area contributed by atoms with Crippen LogP contribution in [0, 0.1) is 22.7 Å². The number of halogens is 1. The molecule has 2 rings (SSSR count). The van der Waals surface area contributed by atoms with Crippen molar-refractivity contribution in [3.8, 4) is 12.1 Å². The van der Waals surface area contributed by atoms with Gasteiger partial charge in [0.15, 0.2) is 0 Å². The van der Waals surface area contributed by atoms with Crippen molar-refractivity contribution in [1.82, 2.24) is 4.90 Å². The number of thioether (sulfide) groups is 1. The van der Waals surface area contributed by atoms with Gasteiger partial charge in [-0.1, -0.05) is 42.1 Å². The number of nitriles is 2. The summed E-state index contributed by atoms with van der Waals surface area (Å²) in [5.74, 6) is 0. The molecule has 1 saturated heterocycles. The van der Waals surface area contributed by atoms with Gasteiger partial charge in [-0.25, -0.2) is 4.79 Å². The number of nitrogens with zero attached hydrogens (tertiary/aromatic N) is 3. The Morgan fingerprint density at radius 2 is 1.89 bits per heavy atom. The third kappa shape index (κ3) is 5.40. The van der Waals surface area contributed by atoms with Crippen molar-refractivity contribution in [2.45, 2.75) is 26.4 Å². The lowest BCUT2D eigenvalue weighted by atomic mass is 10.0. The van der Waals surface area contributed by atoms with Crippen LogP contribution in [0.2, 0.25) is 5.02 Å². The lowest BCUT2D eigenvalue weighted by Crippen LogP contribution is -2.34. The lowest BCUT2D eigenvalue weighted by molar-refractivity contribution is 0.0350. The summed E-state index contributed by atoms with van der Waals surface area (Å²) in [6.07, 6.45) is 1.13. The molecule has 1 aromatic rings. The minimum Gasteiger partial charge on any atom is -0.443 e. The summed E-state index contributed by atoms with van der Waals surface area (Å²) in [5.41, 5.74) is 0.345. The minimum atomic E-state index is -0.643. The van der Waals surface area contributed by atoms with Crippen LogP contribution < -0.4 is 0 Å². The predicted molar refractivity (Wildman–Crippen MR) is 107 cm³/mol. The van der Waals surface area contributed by atoms with Gasteiger partial charge < -0.3 is 4.74 Å². The molecule has 1 amide bonds. The van der Waals surface area contributed by atoms with Gasteiger partial charge >= 0.3 is 6.09 Å². The monoisotopic (exact) mass is 399 g/mol. The SMILES string of the molecule is C=C1CN(C(=O)OC(C)(C)C)/C(=C/C(=C(C#N)C#N)c2ccc(Cl)cc2)S1. The van der Waals surface area contributed by atoms with Crippen molar-refractivity contribution in [3.63, 3.8) is 0 Å². The summed E-state index contributed by atoms with van der Waals surface area (Å²) in [4.78, 5) is 14.7. The Morgan fingerprint density at radius 1 is 1.30 bits per heavy atom. The van der Waals surface area contributed by atoms with E-state index in [0.717, 1.165) is 4.91 Å². The minimum absolute atomic E-state index is 0.0629. The molecule has 138 valence electrons. The van der Waals surface area contributed by atoms with Gasteiger partial charge in [-0.3, -0.25) is 4.90 Å². The van der Waals surface area contributed by atoms with E-state index in [4.69, 9.17) is 16.3 Å². The molecule has 0 N–H and O–H groups in total. The first kappa shape index (κ1) is 20.6. The van der Waals surface area contributed by atoms with Crippen LogP contribution >= 0.6 is 23.4 Å². The van der Waals surface area contributed by atoms with Crippen molar-refractivity contribution < 1.29 is 9.53 Å². The summed E-state index contributed by atoms with van der Waals surface area (Å²) >= 11 is 7.24. The molecule has 0 aliphatic carbocycles. The fourth-order valence-electron chi connectivity index (χ4n) is 2.27. The molecule has 27 heavy (non-hydrogen) atoms. The van der Waals surface area contributed by atoms with Crippen molar-refractivity contribution in [2.75, 3.05) is 6.54 Å². The van der Waals surface area contributed by atoms with Crippen LogP contribution in [0.15, 0.2) is 52.4 Å². The largest absolute Gasteiger partial charge is 0.443 e. The number of hydrogen-bond donors (Lipinski definition) is 0. The molecule has 5 nitrogen and oxygen atoms in total. The molecular weight excluding hydrogens is 382 g/mol. The second-order valence-corrected chi connectivity index (χ2v) is 8.35. The Morgan fingerprint density at radius 3 is 2.41 bits per heavy atom. The molecular formula is C20H18ClN3O2S. The molecule has 0 atom stereocenters. The van der Waals surface area contributed by atoms with Gasteiger partial charge in [0.05, 0.1) is 11.6 Å². The smallest absolute Gasteiger partial charge is 0.415 e. The molecule has 1 aliphatic heterocycles. The molecule has 0 bridgehead atoms. The average Bonchev–Trinajstić information content (AvgIpc) is 2.95. The summed E-state index contributed by atoms with van der Waals surface area (Å²) < 4.78 is 5.44. The number of benzene rings is 1. The van der Waals surface area contributed by atoms with Crippen LogP contribution in [0.3, 0.4) is 0 Å². The normalized spacial score (nSPS) is 15.3. The van der Waals surface area contributed by atoms with E-state index in [0.29, 0.717) is 27.7 Å². The molecule has 1 heterocycles. The topological polar surface area (TPSA) is 77.1 Å². The Hall–Kier alpha value is -2.67. The molecule has 1 aliphatic rings. The Kier molecular flexibility index (Phi) is 6.38. The lowest BCUT2D eigenvalue weighted by Gasteiger charge is -2.24. The van der Waals surface area contributed by atoms with Gasteiger partial charge in [-0.2, -0.15) is 10.5 Å². The van der Waals surface area contributed by atoms with Crippen LogP contribution in [-0.4, -0.2) is 23.1 Å². The summed E-state index contributed by atoms with van der Waals surface area (Å²) in [6.45, 7) is 9.58. The Bertz CT molecular complexity index is 897. The van der Waals surface area contributed by atoms with Crippen LogP contribution in [0.4, 0.5) is 4.79 Å². The first-order valence-electron chi connectivity index (χ1n) is 8.03. The molecule has 0 unspecified atom stereocenters. The van der Waals surface area contributed by atoms with Crippen LogP contribution in [0.25, 0.3) is 5.57 Å². The molecule has 0 spiro atoms. The maximum atomic E-state index is 12.5. The fourth-order valence-corrected chi connectivity index (χ4v) is 3.31. The highest BCUT2D eigenvalue weighted by molar-refractivity contribution is 8.07. The molecule has 0 radical (unpaired) electrons. The van der Waals surface area contributed by atoms with Gasteiger partial charge in [-0.15, -0.1) is 0 Å². The van der Waals surface area contributed by atoms with Crippen LogP contribution in [0.5, 0.6) is 0 Å². The van der Waals surface area contributed by atoms with Crippen LogP contribution in [0.1, 0.15) is 26.3 Å². The molecule has 1 aromatic carbocycles. The van der Waals surface area contributed by atoms with Gasteiger partial charge in [0.2, 0.25) is 0 Å². The van der Waals surface area contributed by atoms with Crippen molar-refractivity contribution in [2.24, 2.45) is 0 Å². The number of hydrogen-bond acceptors (Lipinski definition) is 5. The number of carbonyl (C=O) groups excluding carboxylic acids is 1. The summed E-state index contributed by atoms with van der Waals surface area (Å²) in [6, 6.07) is 10.6. The van der Waals surface area contributed by atoms with Crippen molar-refractivity contribution >= 4 is 35.0 Å². The van der Waals surface area contributed by atoms with E-state index in [1.807, 2.05) is 12.1 Å². The standard InChI is InChI=1S/C20H18ClN3O2S/c1-13-12-24(19(25)26-20(2,3)4)18(27-13)9-17(15(10-22)11-23)14-5-7-16(21)8-6-14/h5-9H,1,12H2,2-4H3/b18-9-. The van der Waals surface area contributed by atoms with Gasteiger partial charge in [-0.05, 0) is 44.5 Å². The van der Waals surface area contributed by atoms with Gasteiger partial charge in [0.1, 0.15) is 23.3 Å². The average molecular weight is 400 g/mol. The Labute approximate surface area is 168 Å². The van der Waals surface area contributed by atoms with Gasteiger partial charge in [0.25, 0.3) is 0 Å². The number of rotatable bonds is 2. The van der Waals surface area contributed by atoms with Crippen LogP contribution in [-0.2, 0) is 4.74 Å². The Balaban J connectivity index is 2.51. The summed E-state index contributed by atoms with van der Waals surface area (Å²) in [7, 11) is 0. The van der Waals surface area contributed by atoms with Crippen molar-refractivity contribution in [1.29, 1.82) is 10.5 Å². The zero-order valence-electron chi connectivity index (χ0n) is 15.2. The number of ether oxygens (including phenoxy) is 1. The number of allylic oxidation sites excluding steroid dienone is 3. The van der Waals surface area contributed by atoms with E-state index in [-0.39, 0.29) is 5.57 Å². The predicted octanol–water partition coefficient (Wildman–Crippen LogP) is 5.48. The maximum absolute atomic E-state index is 12.5. The van der Waals surface area contributed by atoms with E-state index in [2.05, 4.69) is 6.58 Å². The second-order valence-electron chi connectivity index (χ2n) is 6.71. The van der Waals surface area contributed by atoms with E-state index < -0.39 is 11.7 Å².